The molecule has 0 heterocycles. The molecular formula is C5H10O6S. The van der Waals surface area contributed by atoms with Gasteiger partial charge in [0.1, 0.15) is 0 Å². The maximum atomic E-state index is 10.5. The van der Waals surface area contributed by atoms with E-state index in [0.29, 0.717) is 0 Å². The molecule has 0 saturated heterocycles. The Morgan fingerprint density at radius 3 is 2.50 bits per heavy atom. The molecule has 0 radical (unpaired) electrons. The Labute approximate surface area is 70.1 Å². The highest BCUT2D eigenvalue weighted by molar-refractivity contribution is 7.85. The van der Waals surface area contributed by atoms with Crippen LogP contribution >= 0.6 is 0 Å². The lowest BCUT2D eigenvalue weighted by atomic mass is 10.5. The molecule has 0 aliphatic heterocycles. The van der Waals surface area contributed by atoms with Gasteiger partial charge in [-0.2, -0.15) is 13.3 Å². The zero-order valence-electron chi connectivity index (χ0n) is 6.52. The van der Waals surface area contributed by atoms with Gasteiger partial charge in [0.2, 0.25) is 0 Å². The normalized spacial score (nSPS) is 11.2. The van der Waals surface area contributed by atoms with Gasteiger partial charge >= 0.3 is 5.97 Å². The summed E-state index contributed by atoms with van der Waals surface area (Å²) in [6, 6.07) is 0. The Bertz CT molecular complexity index is 230. The molecule has 0 amide bonds. The van der Waals surface area contributed by atoms with Crippen LogP contribution < -0.4 is 0 Å². The van der Waals surface area contributed by atoms with Crippen LogP contribution in [-0.2, 0) is 24.7 Å². The monoisotopic (exact) mass is 198 g/mol. The Morgan fingerprint density at radius 2 is 2.08 bits per heavy atom. The van der Waals surface area contributed by atoms with Crippen LogP contribution in [0.1, 0.15) is 13.3 Å². The van der Waals surface area contributed by atoms with Crippen molar-refractivity contribution in [2.24, 2.45) is 0 Å². The molecule has 0 spiro atoms. The predicted molar refractivity (Wildman–Crippen MR) is 38.8 cm³/mol. The number of carbonyl (C=O) groups excluding carboxylic acids is 1. The van der Waals surface area contributed by atoms with Crippen molar-refractivity contribution < 1.29 is 27.5 Å². The summed E-state index contributed by atoms with van der Waals surface area (Å²) in [6.45, 7) is 1.80. The van der Waals surface area contributed by atoms with Crippen LogP contribution in [0.3, 0.4) is 0 Å². The molecular weight excluding hydrogens is 188 g/mol. The quantitative estimate of drug-likeness (QED) is 0.372. The minimum atomic E-state index is -4.10. The van der Waals surface area contributed by atoms with E-state index in [1.165, 1.54) is 0 Å². The van der Waals surface area contributed by atoms with E-state index >= 15 is 0 Å². The van der Waals surface area contributed by atoms with Gasteiger partial charge in [-0.25, -0.2) is 4.79 Å². The van der Waals surface area contributed by atoms with Crippen molar-refractivity contribution in [1.29, 1.82) is 0 Å². The van der Waals surface area contributed by atoms with E-state index in [9.17, 15) is 13.2 Å². The lowest BCUT2D eigenvalue weighted by Crippen LogP contribution is -2.12. The van der Waals surface area contributed by atoms with Crippen molar-refractivity contribution >= 4 is 16.1 Å². The third-order valence-corrected chi connectivity index (χ3v) is 1.55. The maximum Gasteiger partial charge on any atom is 0.343 e. The van der Waals surface area contributed by atoms with Crippen LogP contribution in [-0.4, -0.2) is 31.3 Å². The van der Waals surface area contributed by atoms with Gasteiger partial charge in [-0.1, -0.05) is 0 Å². The van der Waals surface area contributed by atoms with E-state index in [4.69, 9.17) is 4.55 Å². The summed E-state index contributed by atoms with van der Waals surface area (Å²) in [6.07, 6.45) is -0.418. The van der Waals surface area contributed by atoms with Gasteiger partial charge in [0.25, 0.3) is 10.1 Å². The summed E-state index contributed by atoms with van der Waals surface area (Å²) < 4.78 is 28.4. The van der Waals surface area contributed by atoms with Crippen LogP contribution in [0.25, 0.3) is 0 Å². The molecule has 7 heteroatoms. The Kier molecular flexibility index (Phi) is 4.79. The molecule has 0 fully saturated rings. The third kappa shape index (κ3) is 7.45. The summed E-state index contributed by atoms with van der Waals surface area (Å²) in [4.78, 5) is 18.8. The molecule has 0 bridgehead atoms. The molecule has 0 aromatic rings. The van der Waals surface area contributed by atoms with Crippen molar-refractivity contribution in [3.8, 4) is 0 Å². The lowest BCUT2D eigenvalue weighted by molar-refractivity contribution is -0.269. The topological polar surface area (TPSA) is 89.9 Å². The van der Waals surface area contributed by atoms with Crippen LogP contribution in [0.4, 0.5) is 0 Å². The van der Waals surface area contributed by atoms with E-state index in [2.05, 4.69) is 9.78 Å². The van der Waals surface area contributed by atoms with Crippen LogP contribution in [0.2, 0.25) is 0 Å². The molecule has 0 aliphatic rings. The zero-order valence-corrected chi connectivity index (χ0v) is 7.33. The highest BCUT2D eigenvalue weighted by Gasteiger charge is 2.10. The van der Waals surface area contributed by atoms with Crippen LogP contribution in [0.15, 0.2) is 0 Å². The smallest absolute Gasteiger partial charge is 0.298 e. The summed E-state index contributed by atoms with van der Waals surface area (Å²) in [7, 11) is -4.10. The van der Waals surface area contributed by atoms with Crippen molar-refractivity contribution in [1.82, 2.24) is 0 Å². The number of hydrogen-bond donors (Lipinski definition) is 1. The molecule has 0 rings (SSSR count). The van der Waals surface area contributed by atoms with Gasteiger partial charge < -0.3 is 0 Å². The number of hydrogen-bond acceptors (Lipinski definition) is 5. The molecule has 0 aromatic carbocycles. The Hall–Kier alpha value is -0.660. The fraction of sp³-hybridized carbons (Fsp3) is 0.800. The van der Waals surface area contributed by atoms with Crippen molar-refractivity contribution in [2.45, 2.75) is 13.3 Å². The van der Waals surface area contributed by atoms with E-state index < -0.39 is 28.3 Å². The first-order valence-electron chi connectivity index (χ1n) is 3.23. The van der Waals surface area contributed by atoms with Crippen LogP contribution in [0, 0.1) is 0 Å². The molecule has 0 aromatic heterocycles. The fourth-order valence-electron chi connectivity index (χ4n) is 0.379. The Balaban J connectivity index is 3.58. The minimum absolute atomic E-state index is 0.192. The second-order valence-electron chi connectivity index (χ2n) is 1.90. The third-order valence-electron chi connectivity index (χ3n) is 0.834. The molecule has 1 N–H and O–H groups in total. The first-order chi connectivity index (χ1) is 5.45. The van der Waals surface area contributed by atoms with Crippen LogP contribution in [0.5, 0.6) is 0 Å². The van der Waals surface area contributed by atoms with E-state index in [-0.39, 0.29) is 6.61 Å². The highest BCUT2D eigenvalue weighted by Crippen LogP contribution is 1.92. The highest BCUT2D eigenvalue weighted by atomic mass is 32.2. The molecule has 0 aliphatic carbocycles. The summed E-state index contributed by atoms with van der Waals surface area (Å²) >= 11 is 0. The second-order valence-corrected chi connectivity index (χ2v) is 3.47. The van der Waals surface area contributed by atoms with Gasteiger partial charge in [0.15, 0.2) is 0 Å². The maximum absolute atomic E-state index is 10.5. The molecule has 0 atom stereocenters. The Morgan fingerprint density at radius 1 is 1.50 bits per heavy atom. The van der Waals surface area contributed by atoms with E-state index in [0.717, 1.165) is 0 Å². The summed E-state index contributed by atoms with van der Waals surface area (Å²) in [5, 5.41) is 0. The van der Waals surface area contributed by atoms with Crippen molar-refractivity contribution in [3.63, 3.8) is 0 Å². The van der Waals surface area contributed by atoms with E-state index in [1.807, 2.05) is 0 Å². The van der Waals surface area contributed by atoms with Gasteiger partial charge in [0, 0.05) is 0 Å². The first kappa shape index (κ1) is 11.3. The summed E-state index contributed by atoms with van der Waals surface area (Å²) in [5.41, 5.74) is 0. The second kappa shape index (κ2) is 5.07. The van der Waals surface area contributed by atoms with Gasteiger partial charge in [0.05, 0.1) is 18.8 Å². The number of carbonyl (C=O) groups is 1. The van der Waals surface area contributed by atoms with E-state index in [1.54, 1.807) is 6.92 Å². The molecule has 6 nitrogen and oxygen atoms in total. The molecule has 0 saturated carbocycles. The van der Waals surface area contributed by atoms with Gasteiger partial charge in [-0.05, 0) is 6.92 Å². The standard InChI is InChI=1S/C5H10O6S/c1-2-10-11-5(6)3-4-12(7,8)9/h2-4H2,1H3,(H,7,8,9). The average molecular weight is 198 g/mol. The SMILES string of the molecule is CCOOC(=O)CCS(=O)(=O)O. The van der Waals surface area contributed by atoms with Crippen molar-refractivity contribution in [2.75, 3.05) is 12.4 Å². The average Bonchev–Trinajstić information content (AvgIpc) is 1.95. The zero-order chi connectivity index (χ0) is 9.61. The fourth-order valence-corrected chi connectivity index (χ4v) is 0.803. The predicted octanol–water partition coefficient (Wildman–Crippen LogP) is -0.241. The first-order valence-corrected chi connectivity index (χ1v) is 4.84. The largest absolute Gasteiger partial charge is 0.343 e. The van der Waals surface area contributed by atoms with Gasteiger partial charge in [-0.15, -0.1) is 0 Å². The minimum Gasteiger partial charge on any atom is -0.298 e. The van der Waals surface area contributed by atoms with Gasteiger partial charge in [-0.3, -0.25) is 9.44 Å². The van der Waals surface area contributed by atoms with Crippen molar-refractivity contribution in [3.05, 3.63) is 0 Å². The number of rotatable bonds is 5. The lowest BCUT2D eigenvalue weighted by Gasteiger charge is -1.99. The molecule has 72 valence electrons. The summed E-state index contributed by atoms with van der Waals surface area (Å²) in [5.74, 6) is -1.48. The molecule has 0 unspecified atom stereocenters. The molecule has 12 heavy (non-hydrogen) atoms.